The molecule has 74 valence electrons. The van der Waals surface area contributed by atoms with E-state index >= 15 is 0 Å². The highest BCUT2D eigenvalue weighted by Gasteiger charge is 2.12. The summed E-state index contributed by atoms with van der Waals surface area (Å²) in [6, 6.07) is 0. The minimum Gasteiger partial charge on any atom is -0.293 e. The molecule has 3 heteroatoms. The van der Waals surface area contributed by atoms with Crippen molar-refractivity contribution in [3.63, 3.8) is 0 Å². The van der Waals surface area contributed by atoms with Crippen LogP contribution in [0.5, 0.6) is 0 Å². The summed E-state index contributed by atoms with van der Waals surface area (Å²) < 4.78 is 0. The van der Waals surface area contributed by atoms with Crippen molar-refractivity contribution >= 4 is 17.1 Å². The Morgan fingerprint density at radius 1 is 1.57 bits per heavy atom. The molecule has 0 saturated carbocycles. The van der Waals surface area contributed by atoms with E-state index in [1.54, 1.807) is 0 Å². The van der Waals surface area contributed by atoms with E-state index in [-0.39, 0.29) is 5.78 Å². The molecule has 0 fully saturated rings. The van der Waals surface area contributed by atoms with E-state index < -0.39 is 0 Å². The van der Waals surface area contributed by atoms with Gasteiger partial charge in [0.05, 0.1) is 15.6 Å². The number of nitrogens with zero attached hydrogens (tertiary/aromatic N) is 1. The van der Waals surface area contributed by atoms with E-state index in [9.17, 15) is 4.79 Å². The van der Waals surface area contributed by atoms with Crippen LogP contribution in [0.4, 0.5) is 0 Å². The summed E-state index contributed by atoms with van der Waals surface area (Å²) >= 11 is 1.47. The van der Waals surface area contributed by atoms with Gasteiger partial charge in [-0.25, -0.2) is 4.98 Å². The van der Waals surface area contributed by atoms with E-state index in [1.807, 2.05) is 13.8 Å². The lowest BCUT2D eigenvalue weighted by molar-refractivity contribution is 0.0984. The third-order valence-electron chi connectivity index (χ3n) is 1.88. The SMILES string of the molecule is C#CCCCC(=O)c1sc(C)nc1C. The molecule has 1 heterocycles. The Kier molecular flexibility index (Phi) is 3.84. The topological polar surface area (TPSA) is 30.0 Å². The molecule has 1 aromatic heterocycles. The molecule has 0 amide bonds. The summed E-state index contributed by atoms with van der Waals surface area (Å²) in [5.41, 5.74) is 0.846. The Labute approximate surface area is 88.4 Å². The Hall–Kier alpha value is -1.14. The zero-order valence-electron chi connectivity index (χ0n) is 8.46. The van der Waals surface area contributed by atoms with Crippen LogP contribution in [0.1, 0.15) is 39.6 Å². The first-order valence-corrected chi connectivity index (χ1v) is 5.37. The zero-order valence-corrected chi connectivity index (χ0v) is 9.28. The second kappa shape index (κ2) is 4.92. The largest absolute Gasteiger partial charge is 0.293 e. The molecule has 0 spiro atoms. The molecule has 0 aromatic carbocycles. The van der Waals surface area contributed by atoms with Crippen molar-refractivity contribution in [2.45, 2.75) is 33.1 Å². The highest BCUT2D eigenvalue weighted by atomic mass is 32.1. The van der Waals surface area contributed by atoms with Crippen LogP contribution in [0.25, 0.3) is 0 Å². The summed E-state index contributed by atoms with van der Waals surface area (Å²) in [5.74, 6) is 2.70. The summed E-state index contributed by atoms with van der Waals surface area (Å²) in [6.45, 7) is 3.79. The number of thiazole rings is 1. The van der Waals surface area contributed by atoms with Crippen molar-refractivity contribution < 1.29 is 4.79 Å². The van der Waals surface area contributed by atoms with E-state index in [0.717, 1.165) is 22.0 Å². The van der Waals surface area contributed by atoms with Gasteiger partial charge in [0.15, 0.2) is 5.78 Å². The Morgan fingerprint density at radius 2 is 2.29 bits per heavy atom. The quantitative estimate of drug-likeness (QED) is 0.431. The van der Waals surface area contributed by atoms with Gasteiger partial charge in [0.2, 0.25) is 0 Å². The number of carbonyl (C=O) groups excluding carboxylic acids is 1. The molecule has 0 unspecified atom stereocenters. The number of aromatic nitrogens is 1. The first-order valence-electron chi connectivity index (χ1n) is 4.56. The second-order valence-electron chi connectivity index (χ2n) is 3.13. The molecular formula is C11H13NOS. The van der Waals surface area contributed by atoms with Gasteiger partial charge in [-0.15, -0.1) is 23.7 Å². The average Bonchev–Trinajstić information content (AvgIpc) is 2.45. The van der Waals surface area contributed by atoms with Crippen molar-refractivity contribution in [1.29, 1.82) is 0 Å². The van der Waals surface area contributed by atoms with Crippen LogP contribution in [-0.4, -0.2) is 10.8 Å². The van der Waals surface area contributed by atoms with Gasteiger partial charge in [-0.2, -0.15) is 0 Å². The Morgan fingerprint density at radius 3 is 2.79 bits per heavy atom. The van der Waals surface area contributed by atoms with Gasteiger partial charge in [0.25, 0.3) is 0 Å². The predicted octanol–water partition coefficient (Wildman–Crippen LogP) is 2.75. The lowest BCUT2D eigenvalue weighted by atomic mass is 10.1. The summed E-state index contributed by atoms with van der Waals surface area (Å²) in [7, 11) is 0. The Bertz CT molecular complexity index is 373. The normalized spacial score (nSPS) is 9.79. The number of terminal acetylenes is 1. The molecule has 14 heavy (non-hydrogen) atoms. The number of unbranched alkanes of at least 4 members (excludes halogenated alkanes) is 1. The van der Waals surface area contributed by atoms with E-state index in [0.29, 0.717) is 12.8 Å². The minimum absolute atomic E-state index is 0.170. The van der Waals surface area contributed by atoms with Crippen molar-refractivity contribution in [3.8, 4) is 12.3 Å². The molecule has 0 aliphatic carbocycles. The zero-order chi connectivity index (χ0) is 10.6. The fourth-order valence-corrected chi connectivity index (χ4v) is 2.14. The third-order valence-corrected chi connectivity index (χ3v) is 3.00. The van der Waals surface area contributed by atoms with Gasteiger partial charge in [-0.3, -0.25) is 4.79 Å². The van der Waals surface area contributed by atoms with Crippen LogP contribution < -0.4 is 0 Å². The van der Waals surface area contributed by atoms with E-state index in [2.05, 4.69) is 10.9 Å². The fraction of sp³-hybridized carbons (Fsp3) is 0.455. The van der Waals surface area contributed by atoms with Crippen molar-refractivity contribution in [2.24, 2.45) is 0 Å². The maximum absolute atomic E-state index is 11.7. The first-order chi connectivity index (χ1) is 6.65. The second-order valence-corrected chi connectivity index (χ2v) is 4.33. The summed E-state index contributed by atoms with van der Waals surface area (Å²) in [5, 5.41) is 0.947. The van der Waals surface area contributed by atoms with Gasteiger partial charge < -0.3 is 0 Å². The fourth-order valence-electron chi connectivity index (χ4n) is 1.25. The first kappa shape index (κ1) is 10.9. The summed E-state index contributed by atoms with van der Waals surface area (Å²) in [4.78, 5) is 16.7. The van der Waals surface area contributed by atoms with Gasteiger partial charge in [0.1, 0.15) is 0 Å². The van der Waals surface area contributed by atoms with Gasteiger partial charge in [0, 0.05) is 12.8 Å². The van der Waals surface area contributed by atoms with Crippen LogP contribution in [0.3, 0.4) is 0 Å². The van der Waals surface area contributed by atoms with Crippen LogP contribution in [-0.2, 0) is 0 Å². The smallest absolute Gasteiger partial charge is 0.174 e. The van der Waals surface area contributed by atoms with Gasteiger partial charge >= 0.3 is 0 Å². The molecule has 0 bridgehead atoms. The third kappa shape index (κ3) is 2.68. The molecule has 2 nitrogen and oxygen atoms in total. The maximum Gasteiger partial charge on any atom is 0.174 e. The van der Waals surface area contributed by atoms with Crippen LogP contribution in [0.2, 0.25) is 0 Å². The minimum atomic E-state index is 0.170. The molecule has 0 radical (unpaired) electrons. The predicted molar refractivity (Wildman–Crippen MR) is 58.6 cm³/mol. The lowest BCUT2D eigenvalue weighted by Gasteiger charge is -1.95. The monoisotopic (exact) mass is 207 g/mol. The molecule has 0 aliphatic heterocycles. The highest BCUT2D eigenvalue weighted by molar-refractivity contribution is 7.13. The summed E-state index contributed by atoms with van der Waals surface area (Å²) in [6.07, 6.45) is 7.09. The molecule has 0 N–H and O–H groups in total. The van der Waals surface area contributed by atoms with Gasteiger partial charge in [-0.1, -0.05) is 0 Å². The molecule has 1 rings (SSSR count). The highest BCUT2D eigenvalue weighted by Crippen LogP contribution is 2.19. The average molecular weight is 207 g/mol. The van der Waals surface area contributed by atoms with Gasteiger partial charge in [-0.05, 0) is 20.3 Å². The number of hydrogen-bond acceptors (Lipinski definition) is 3. The number of hydrogen-bond donors (Lipinski definition) is 0. The lowest BCUT2D eigenvalue weighted by Crippen LogP contribution is -1.97. The van der Waals surface area contributed by atoms with Crippen molar-refractivity contribution in [1.82, 2.24) is 4.98 Å². The van der Waals surface area contributed by atoms with E-state index in [1.165, 1.54) is 11.3 Å². The van der Waals surface area contributed by atoms with Crippen molar-refractivity contribution in [3.05, 3.63) is 15.6 Å². The van der Waals surface area contributed by atoms with Crippen LogP contribution in [0.15, 0.2) is 0 Å². The molecule has 0 aliphatic rings. The number of carbonyl (C=O) groups is 1. The number of rotatable bonds is 4. The van der Waals surface area contributed by atoms with E-state index in [4.69, 9.17) is 6.42 Å². The Balaban J connectivity index is 2.61. The number of aryl methyl sites for hydroxylation is 2. The molecule has 0 atom stereocenters. The van der Waals surface area contributed by atoms with Crippen LogP contribution in [0, 0.1) is 26.2 Å². The number of ketones is 1. The molecular weight excluding hydrogens is 194 g/mol. The molecule has 0 saturated heterocycles. The van der Waals surface area contributed by atoms with Crippen molar-refractivity contribution in [2.75, 3.05) is 0 Å². The van der Waals surface area contributed by atoms with Crippen LogP contribution >= 0.6 is 11.3 Å². The number of Topliss-reactive ketones (excluding diaryl/α,β-unsaturated/α-hetero) is 1. The molecule has 1 aromatic rings. The standard InChI is InChI=1S/C11H13NOS/c1-4-5-6-7-10(13)11-8(2)12-9(3)14-11/h1H,5-7H2,2-3H3. The maximum atomic E-state index is 11.7.